The van der Waals surface area contributed by atoms with Gasteiger partial charge in [-0.25, -0.2) is 0 Å². The lowest BCUT2D eigenvalue weighted by molar-refractivity contribution is 0.0960. The van der Waals surface area contributed by atoms with Crippen molar-refractivity contribution in [2.45, 2.75) is 19.9 Å². The summed E-state index contributed by atoms with van der Waals surface area (Å²) in [5.41, 5.74) is 11.1. The second-order valence-electron chi connectivity index (χ2n) is 7.57. The van der Waals surface area contributed by atoms with E-state index in [1.165, 1.54) is 13.3 Å². The average molecular weight is 464 g/mol. The van der Waals surface area contributed by atoms with E-state index < -0.39 is 0 Å². The van der Waals surface area contributed by atoms with Crippen molar-refractivity contribution in [2.75, 3.05) is 26.9 Å². The SMILES string of the molecule is CON=C1COc2cnc(C)cc21.Cc1cc2c(cn1)OCC2N.O=C1COc2nnccc21. The molecule has 0 fully saturated rings. The van der Waals surface area contributed by atoms with Gasteiger partial charge in [-0.15, -0.1) is 5.10 Å². The van der Waals surface area contributed by atoms with Crippen molar-refractivity contribution in [3.63, 3.8) is 0 Å². The summed E-state index contributed by atoms with van der Waals surface area (Å²) in [6.07, 6.45) is 4.92. The lowest BCUT2D eigenvalue weighted by Crippen LogP contribution is -2.10. The number of rotatable bonds is 1. The molecule has 2 N–H and O–H groups in total. The van der Waals surface area contributed by atoms with E-state index in [0.29, 0.717) is 24.7 Å². The van der Waals surface area contributed by atoms with Crippen LogP contribution >= 0.6 is 0 Å². The number of pyridine rings is 2. The van der Waals surface area contributed by atoms with E-state index in [-0.39, 0.29) is 18.4 Å². The van der Waals surface area contributed by atoms with Gasteiger partial charge < -0.3 is 24.8 Å². The summed E-state index contributed by atoms with van der Waals surface area (Å²) in [6, 6.07) is 5.57. The van der Waals surface area contributed by atoms with Gasteiger partial charge in [0.25, 0.3) is 0 Å². The van der Waals surface area contributed by atoms with Crippen molar-refractivity contribution in [1.82, 2.24) is 20.2 Å². The molecule has 0 aromatic carbocycles. The number of fused-ring (bicyclic) bond motifs is 3. The molecule has 3 aromatic rings. The van der Waals surface area contributed by atoms with Crippen molar-refractivity contribution in [3.05, 3.63) is 64.9 Å². The number of hydrogen-bond acceptors (Lipinski definition) is 11. The Hall–Kier alpha value is -4.12. The number of ketones is 1. The third-order valence-corrected chi connectivity index (χ3v) is 5.06. The van der Waals surface area contributed by atoms with Crippen LogP contribution in [0.3, 0.4) is 0 Å². The summed E-state index contributed by atoms with van der Waals surface area (Å²) in [6.45, 7) is 5.04. The fourth-order valence-corrected chi connectivity index (χ4v) is 3.39. The molecule has 6 rings (SSSR count). The normalized spacial score (nSPS) is 17.6. The molecule has 0 spiro atoms. The number of hydrogen-bond donors (Lipinski definition) is 1. The van der Waals surface area contributed by atoms with Crippen molar-refractivity contribution >= 4 is 11.5 Å². The average Bonchev–Trinajstić information content (AvgIpc) is 3.53. The molecule has 0 saturated carbocycles. The molecule has 0 saturated heterocycles. The van der Waals surface area contributed by atoms with Crippen LogP contribution in [-0.2, 0) is 4.84 Å². The maximum Gasteiger partial charge on any atom is 0.244 e. The number of carbonyl (C=O) groups is 1. The van der Waals surface area contributed by atoms with E-state index in [1.54, 1.807) is 18.5 Å². The van der Waals surface area contributed by atoms with Crippen LogP contribution in [0.1, 0.15) is 38.9 Å². The van der Waals surface area contributed by atoms with Crippen molar-refractivity contribution in [1.29, 1.82) is 0 Å². The topological polar surface area (TPSA) is 144 Å². The Kier molecular flexibility index (Phi) is 6.93. The number of nitrogens with two attached hydrogens (primary N) is 1. The summed E-state index contributed by atoms with van der Waals surface area (Å²) in [7, 11) is 1.53. The Morgan fingerprint density at radius 2 is 1.79 bits per heavy atom. The highest BCUT2D eigenvalue weighted by molar-refractivity contribution is 6.05. The molecule has 0 bridgehead atoms. The summed E-state index contributed by atoms with van der Waals surface area (Å²) in [5.74, 6) is 1.95. The molecule has 176 valence electrons. The van der Waals surface area contributed by atoms with Crippen LogP contribution in [0, 0.1) is 13.8 Å². The van der Waals surface area contributed by atoms with Gasteiger partial charge in [0, 0.05) is 22.5 Å². The Labute approximate surface area is 195 Å². The molecule has 1 unspecified atom stereocenters. The first-order valence-electron chi connectivity index (χ1n) is 10.5. The minimum atomic E-state index is -0.0232. The fourth-order valence-electron chi connectivity index (χ4n) is 3.39. The van der Waals surface area contributed by atoms with E-state index in [2.05, 4.69) is 25.3 Å². The number of oxime groups is 1. The van der Waals surface area contributed by atoms with E-state index in [1.807, 2.05) is 26.0 Å². The lowest BCUT2D eigenvalue weighted by Gasteiger charge is -1.99. The molecule has 11 heteroatoms. The molecule has 0 radical (unpaired) electrons. The third kappa shape index (κ3) is 5.09. The summed E-state index contributed by atoms with van der Waals surface area (Å²) in [4.78, 5) is 23.8. The Morgan fingerprint density at radius 1 is 1.03 bits per heavy atom. The number of nitrogens with zero attached hydrogens (tertiary/aromatic N) is 5. The van der Waals surface area contributed by atoms with Crippen molar-refractivity contribution in [3.8, 4) is 17.4 Å². The van der Waals surface area contributed by atoms with Crippen LogP contribution in [-0.4, -0.2) is 58.6 Å². The van der Waals surface area contributed by atoms with Crippen LogP contribution in [0.4, 0.5) is 0 Å². The quantitative estimate of drug-likeness (QED) is 0.531. The van der Waals surface area contributed by atoms with E-state index >= 15 is 0 Å². The Balaban J connectivity index is 0.000000122. The number of Topliss-reactive ketones (excluding diaryl/α,β-unsaturated/α-hetero) is 1. The number of carbonyl (C=O) groups excluding carboxylic acids is 1. The van der Waals surface area contributed by atoms with Crippen LogP contribution < -0.4 is 19.9 Å². The smallest absolute Gasteiger partial charge is 0.244 e. The van der Waals surface area contributed by atoms with Gasteiger partial charge in [0.1, 0.15) is 37.5 Å². The van der Waals surface area contributed by atoms with Crippen LogP contribution in [0.15, 0.2) is 41.9 Å². The highest BCUT2D eigenvalue weighted by Gasteiger charge is 2.22. The van der Waals surface area contributed by atoms with Gasteiger partial charge >= 0.3 is 0 Å². The largest absolute Gasteiger partial charge is 0.490 e. The van der Waals surface area contributed by atoms with Crippen LogP contribution in [0.5, 0.6) is 17.4 Å². The number of aryl methyl sites for hydroxylation is 2. The molecule has 3 aliphatic rings. The summed E-state index contributed by atoms with van der Waals surface area (Å²) < 4.78 is 15.5. The molecule has 11 nitrogen and oxygen atoms in total. The predicted molar refractivity (Wildman–Crippen MR) is 121 cm³/mol. The zero-order valence-electron chi connectivity index (χ0n) is 19.0. The standard InChI is InChI=1S/C9H10N2O2.C8H10N2O.C6H4N2O2/c1-6-3-7-8(11-12-2)5-13-9(7)4-10-6;1-5-2-6-7(9)4-11-8(6)3-10-5;9-5-3-10-6-4(5)1-2-7-8-6/h3-4H,5H2,1-2H3;2-3,7H,4,9H2,1H3;1-2H,3H2. The molecule has 3 aliphatic heterocycles. The highest BCUT2D eigenvalue weighted by Crippen LogP contribution is 2.29. The van der Waals surface area contributed by atoms with E-state index in [0.717, 1.165) is 39.7 Å². The van der Waals surface area contributed by atoms with Gasteiger partial charge in [-0.1, -0.05) is 5.16 Å². The molecule has 0 aliphatic carbocycles. The van der Waals surface area contributed by atoms with Crippen molar-refractivity contribution < 1.29 is 23.8 Å². The fraction of sp³-hybridized carbons (Fsp3) is 0.304. The molecular weight excluding hydrogens is 440 g/mol. The lowest BCUT2D eigenvalue weighted by atomic mass is 10.1. The zero-order valence-corrected chi connectivity index (χ0v) is 19.0. The number of aromatic nitrogens is 4. The van der Waals surface area contributed by atoms with Gasteiger partial charge in [-0.3, -0.25) is 14.8 Å². The second-order valence-corrected chi connectivity index (χ2v) is 7.57. The predicted octanol–water partition coefficient (Wildman–Crippen LogP) is 1.97. The Morgan fingerprint density at radius 3 is 2.56 bits per heavy atom. The molecular formula is C23H24N6O5. The first-order chi connectivity index (χ1) is 16.5. The van der Waals surface area contributed by atoms with Crippen LogP contribution in [0.25, 0.3) is 0 Å². The Bertz CT molecular complexity index is 1230. The van der Waals surface area contributed by atoms with E-state index in [9.17, 15) is 4.79 Å². The van der Waals surface area contributed by atoms with Crippen molar-refractivity contribution in [2.24, 2.45) is 10.9 Å². The second kappa shape index (κ2) is 10.2. The number of ether oxygens (including phenoxy) is 3. The zero-order chi connectivity index (χ0) is 24.1. The summed E-state index contributed by atoms with van der Waals surface area (Å²) >= 11 is 0. The van der Waals surface area contributed by atoms with E-state index in [4.69, 9.17) is 24.8 Å². The van der Waals surface area contributed by atoms with Crippen LogP contribution in [0.2, 0.25) is 0 Å². The highest BCUT2D eigenvalue weighted by atomic mass is 16.6. The molecule has 0 amide bonds. The molecule has 3 aromatic heterocycles. The maximum absolute atomic E-state index is 10.9. The molecule has 6 heterocycles. The first-order valence-corrected chi connectivity index (χ1v) is 10.5. The van der Waals surface area contributed by atoms with Gasteiger partial charge in [0.15, 0.2) is 6.61 Å². The third-order valence-electron chi connectivity index (χ3n) is 5.06. The molecule has 34 heavy (non-hydrogen) atoms. The van der Waals surface area contributed by atoms with Gasteiger partial charge in [-0.05, 0) is 32.0 Å². The monoisotopic (exact) mass is 464 g/mol. The molecule has 1 atom stereocenters. The minimum Gasteiger partial charge on any atom is -0.490 e. The first kappa shape index (κ1) is 23.1. The minimum absolute atomic E-state index is 0.0232. The van der Waals surface area contributed by atoms with Gasteiger partial charge in [0.05, 0.1) is 30.2 Å². The van der Waals surface area contributed by atoms with Gasteiger partial charge in [-0.2, -0.15) is 5.10 Å². The maximum atomic E-state index is 10.9. The summed E-state index contributed by atoms with van der Waals surface area (Å²) in [5, 5.41) is 11.1. The van der Waals surface area contributed by atoms with Gasteiger partial charge in [0.2, 0.25) is 11.7 Å².